The molecule has 0 unspecified atom stereocenters. The van der Waals surface area contributed by atoms with E-state index in [1.165, 1.54) is 27.9 Å². The summed E-state index contributed by atoms with van der Waals surface area (Å²) < 4.78 is 0. The van der Waals surface area contributed by atoms with Crippen molar-refractivity contribution in [2.75, 3.05) is 11.9 Å². The average Bonchev–Trinajstić information content (AvgIpc) is 2.38. The van der Waals surface area contributed by atoms with Crippen LogP contribution in [-0.2, 0) is 13.1 Å². The summed E-state index contributed by atoms with van der Waals surface area (Å²) in [6.07, 6.45) is 0. The summed E-state index contributed by atoms with van der Waals surface area (Å²) in [6.45, 7) is 5.79. The maximum atomic E-state index is 5.62. The standard InChI is InChI=1S/C17H22N2/c1-13-8-14(2)10-17(9-13)19(3)12-16-6-4-15(11-18)5-7-16/h4-10H,11-12,18H2,1-3H3. The topological polar surface area (TPSA) is 29.3 Å². The Kier molecular flexibility index (Phi) is 4.23. The van der Waals surface area contributed by atoms with Crippen molar-refractivity contribution in [3.63, 3.8) is 0 Å². The van der Waals surface area contributed by atoms with Gasteiger partial charge in [0.15, 0.2) is 0 Å². The van der Waals surface area contributed by atoms with Gasteiger partial charge in [0.05, 0.1) is 0 Å². The lowest BCUT2D eigenvalue weighted by Gasteiger charge is -2.20. The van der Waals surface area contributed by atoms with E-state index in [4.69, 9.17) is 5.73 Å². The first-order chi connectivity index (χ1) is 9.08. The predicted octanol–water partition coefficient (Wildman–Crippen LogP) is 3.40. The van der Waals surface area contributed by atoms with Crippen molar-refractivity contribution in [2.45, 2.75) is 26.9 Å². The van der Waals surface area contributed by atoms with Crippen molar-refractivity contribution in [2.24, 2.45) is 5.73 Å². The first-order valence-corrected chi connectivity index (χ1v) is 6.66. The second-order valence-electron chi connectivity index (χ2n) is 5.22. The van der Waals surface area contributed by atoms with Gasteiger partial charge < -0.3 is 10.6 Å². The van der Waals surface area contributed by atoms with Crippen molar-refractivity contribution in [3.8, 4) is 0 Å². The fourth-order valence-electron chi connectivity index (χ4n) is 2.32. The SMILES string of the molecule is Cc1cc(C)cc(N(C)Cc2ccc(CN)cc2)c1. The lowest BCUT2D eigenvalue weighted by Crippen LogP contribution is -2.16. The molecular weight excluding hydrogens is 232 g/mol. The maximum Gasteiger partial charge on any atom is 0.0426 e. The second-order valence-corrected chi connectivity index (χ2v) is 5.22. The summed E-state index contributed by atoms with van der Waals surface area (Å²) in [6, 6.07) is 15.2. The fourth-order valence-corrected chi connectivity index (χ4v) is 2.32. The van der Waals surface area contributed by atoms with Crippen LogP contribution in [0.25, 0.3) is 0 Å². The molecule has 100 valence electrons. The van der Waals surface area contributed by atoms with Crippen LogP contribution in [0.5, 0.6) is 0 Å². The Morgan fingerprint density at radius 2 is 1.42 bits per heavy atom. The smallest absolute Gasteiger partial charge is 0.0426 e. The highest BCUT2D eigenvalue weighted by atomic mass is 15.1. The summed E-state index contributed by atoms with van der Waals surface area (Å²) in [5, 5.41) is 0. The Labute approximate surface area is 115 Å². The summed E-state index contributed by atoms with van der Waals surface area (Å²) in [5.74, 6) is 0. The molecule has 2 nitrogen and oxygen atoms in total. The van der Waals surface area contributed by atoms with Gasteiger partial charge in [-0.1, -0.05) is 30.3 Å². The van der Waals surface area contributed by atoms with Gasteiger partial charge in [0.25, 0.3) is 0 Å². The Morgan fingerprint density at radius 1 is 0.895 bits per heavy atom. The molecule has 0 radical (unpaired) electrons. The predicted molar refractivity (Wildman–Crippen MR) is 82.4 cm³/mol. The highest BCUT2D eigenvalue weighted by molar-refractivity contribution is 5.50. The number of anilines is 1. The third kappa shape index (κ3) is 3.58. The Balaban J connectivity index is 2.13. The molecule has 0 heterocycles. The van der Waals surface area contributed by atoms with Crippen LogP contribution >= 0.6 is 0 Å². The molecule has 2 rings (SSSR count). The first-order valence-electron chi connectivity index (χ1n) is 6.66. The van der Waals surface area contributed by atoms with E-state index in [1.54, 1.807) is 0 Å². The van der Waals surface area contributed by atoms with Crippen molar-refractivity contribution >= 4 is 5.69 Å². The average molecular weight is 254 g/mol. The fraction of sp³-hybridized carbons (Fsp3) is 0.294. The number of nitrogens with two attached hydrogens (primary N) is 1. The van der Waals surface area contributed by atoms with E-state index >= 15 is 0 Å². The first kappa shape index (κ1) is 13.6. The normalized spacial score (nSPS) is 10.5. The van der Waals surface area contributed by atoms with E-state index in [9.17, 15) is 0 Å². The zero-order chi connectivity index (χ0) is 13.8. The molecule has 0 bridgehead atoms. The summed E-state index contributed by atoms with van der Waals surface area (Å²) in [5.41, 5.74) is 12.0. The summed E-state index contributed by atoms with van der Waals surface area (Å²) >= 11 is 0. The van der Waals surface area contributed by atoms with E-state index in [2.05, 4.69) is 68.3 Å². The lowest BCUT2D eigenvalue weighted by atomic mass is 10.1. The summed E-state index contributed by atoms with van der Waals surface area (Å²) in [7, 11) is 2.13. The number of rotatable bonds is 4. The molecule has 2 heteroatoms. The van der Waals surface area contributed by atoms with Crippen LogP contribution in [-0.4, -0.2) is 7.05 Å². The minimum Gasteiger partial charge on any atom is -0.370 e. The molecule has 0 spiro atoms. The van der Waals surface area contributed by atoms with Crippen LogP contribution in [0.2, 0.25) is 0 Å². The van der Waals surface area contributed by atoms with Crippen molar-refractivity contribution in [1.29, 1.82) is 0 Å². The highest BCUT2D eigenvalue weighted by Gasteiger charge is 2.03. The number of benzene rings is 2. The Hall–Kier alpha value is -1.80. The molecule has 0 saturated carbocycles. The van der Waals surface area contributed by atoms with Crippen molar-refractivity contribution in [3.05, 3.63) is 64.7 Å². The Bertz CT molecular complexity index is 523. The molecular formula is C17H22N2. The molecule has 2 aromatic rings. The van der Waals surface area contributed by atoms with Gasteiger partial charge in [-0.3, -0.25) is 0 Å². The third-order valence-electron chi connectivity index (χ3n) is 3.33. The van der Waals surface area contributed by atoms with Gasteiger partial charge in [-0.15, -0.1) is 0 Å². The number of nitrogens with zero attached hydrogens (tertiary/aromatic N) is 1. The molecule has 0 aromatic heterocycles. The van der Waals surface area contributed by atoms with Gasteiger partial charge in [-0.2, -0.15) is 0 Å². The monoisotopic (exact) mass is 254 g/mol. The number of aryl methyl sites for hydroxylation is 2. The van der Waals surface area contributed by atoms with Gasteiger partial charge in [-0.05, 0) is 48.2 Å². The van der Waals surface area contributed by atoms with Crippen LogP contribution in [0.1, 0.15) is 22.3 Å². The molecule has 0 aliphatic heterocycles. The molecule has 0 aliphatic carbocycles. The maximum absolute atomic E-state index is 5.62. The van der Waals surface area contributed by atoms with Gasteiger partial charge in [0.2, 0.25) is 0 Å². The molecule has 2 N–H and O–H groups in total. The molecule has 19 heavy (non-hydrogen) atoms. The molecule has 0 atom stereocenters. The largest absolute Gasteiger partial charge is 0.370 e. The van der Waals surface area contributed by atoms with Crippen molar-refractivity contribution in [1.82, 2.24) is 0 Å². The van der Waals surface area contributed by atoms with E-state index in [0.717, 1.165) is 6.54 Å². The molecule has 0 amide bonds. The third-order valence-corrected chi connectivity index (χ3v) is 3.33. The molecule has 0 saturated heterocycles. The zero-order valence-electron chi connectivity index (χ0n) is 12.0. The van der Waals surface area contributed by atoms with Crippen LogP contribution < -0.4 is 10.6 Å². The van der Waals surface area contributed by atoms with E-state index < -0.39 is 0 Å². The number of hydrogen-bond acceptors (Lipinski definition) is 2. The molecule has 0 fully saturated rings. The Morgan fingerprint density at radius 3 is 1.95 bits per heavy atom. The highest BCUT2D eigenvalue weighted by Crippen LogP contribution is 2.19. The van der Waals surface area contributed by atoms with Gasteiger partial charge in [0.1, 0.15) is 0 Å². The van der Waals surface area contributed by atoms with Gasteiger partial charge >= 0.3 is 0 Å². The zero-order valence-corrected chi connectivity index (χ0v) is 12.0. The molecule has 2 aromatic carbocycles. The second kappa shape index (κ2) is 5.89. The number of hydrogen-bond donors (Lipinski definition) is 1. The lowest BCUT2D eigenvalue weighted by molar-refractivity contribution is 0.918. The van der Waals surface area contributed by atoms with Gasteiger partial charge in [-0.25, -0.2) is 0 Å². The van der Waals surface area contributed by atoms with E-state index in [-0.39, 0.29) is 0 Å². The molecule has 0 aliphatic rings. The quantitative estimate of drug-likeness (QED) is 0.906. The van der Waals surface area contributed by atoms with Crippen molar-refractivity contribution < 1.29 is 0 Å². The van der Waals surface area contributed by atoms with E-state index in [0.29, 0.717) is 6.54 Å². The van der Waals surface area contributed by atoms with E-state index in [1.807, 2.05) is 0 Å². The van der Waals surface area contributed by atoms with Crippen LogP contribution in [0.4, 0.5) is 5.69 Å². The summed E-state index contributed by atoms with van der Waals surface area (Å²) in [4.78, 5) is 2.28. The van der Waals surface area contributed by atoms with Crippen LogP contribution in [0, 0.1) is 13.8 Å². The van der Waals surface area contributed by atoms with Crippen LogP contribution in [0.15, 0.2) is 42.5 Å². The minimum atomic E-state index is 0.604. The van der Waals surface area contributed by atoms with Crippen LogP contribution in [0.3, 0.4) is 0 Å². The van der Waals surface area contributed by atoms with Gasteiger partial charge in [0, 0.05) is 25.8 Å². The minimum absolute atomic E-state index is 0.604.